The molecule has 1 aromatic rings. The molecule has 1 saturated carbocycles. The van der Waals surface area contributed by atoms with Gasteiger partial charge in [-0.05, 0) is 61.4 Å². The maximum atomic E-state index is 3.69. The van der Waals surface area contributed by atoms with Gasteiger partial charge in [-0.1, -0.05) is 41.9 Å². The van der Waals surface area contributed by atoms with Crippen LogP contribution in [-0.2, 0) is 0 Å². The fourth-order valence-corrected chi connectivity index (χ4v) is 3.13. The molecule has 2 rings (SSSR count). The van der Waals surface area contributed by atoms with Crippen molar-refractivity contribution in [2.24, 2.45) is 11.8 Å². The Bertz CT molecular complexity index is 387. The van der Waals surface area contributed by atoms with Gasteiger partial charge in [0.1, 0.15) is 0 Å². The largest absolute Gasteiger partial charge is 0.316 e. The van der Waals surface area contributed by atoms with Crippen LogP contribution >= 0.6 is 15.9 Å². The molecule has 0 spiro atoms. The van der Waals surface area contributed by atoms with Crippen LogP contribution in [0.2, 0.25) is 0 Å². The molecule has 0 amide bonds. The van der Waals surface area contributed by atoms with E-state index in [1.807, 2.05) is 0 Å². The number of rotatable bonds is 5. The van der Waals surface area contributed by atoms with Crippen LogP contribution in [0.15, 0.2) is 22.7 Å². The Morgan fingerprint density at radius 3 is 2.82 bits per heavy atom. The standard InChI is InChI=1S/C15H22BrN/c1-10(2)8-17-9-12-7-14(12)13-5-4-11(3)6-15(13)16/h4-6,10,12,14,17H,7-9H2,1-3H3. The van der Waals surface area contributed by atoms with E-state index in [2.05, 4.69) is 60.2 Å². The third-order valence-electron chi connectivity index (χ3n) is 3.44. The van der Waals surface area contributed by atoms with Crippen molar-refractivity contribution in [1.29, 1.82) is 0 Å². The Morgan fingerprint density at radius 2 is 2.18 bits per heavy atom. The van der Waals surface area contributed by atoms with Gasteiger partial charge in [-0.3, -0.25) is 0 Å². The van der Waals surface area contributed by atoms with Gasteiger partial charge in [-0.2, -0.15) is 0 Å². The second-order valence-electron chi connectivity index (χ2n) is 5.68. The zero-order valence-electron chi connectivity index (χ0n) is 11.0. The zero-order valence-corrected chi connectivity index (χ0v) is 12.5. The highest BCUT2D eigenvalue weighted by Crippen LogP contribution is 2.49. The van der Waals surface area contributed by atoms with Gasteiger partial charge in [0.15, 0.2) is 0 Å². The molecule has 1 aromatic carbocycles. The van der Waals surface area contributed by atoms with Crippen molar-refractivity contribution in [3.63, 3.8) is 0 Å². The van der Waals surface area contributed by atoms with Crippen LogP contribution in [0.1, 0.15) is 37.3 Å². The topological polar surface area (TPSA) is 12.0 Å². The Morgan fingerprint density at radius 1 is 1.41 bits per heavy atom. The fourth-order valence-electron chi connectivity index (χ4n) is 2.34. The van der Waals surface area contributed by atoms with Crippen LogP contribution in [-0.4, -0.2) is 13.1 Å². The molecule has 2 atom stereocenters. The molecule has 1 aliphatic carbocycles. The molecule has 0 aliphatic heterocycles. The van der Waals surface area contributed by atoms with Gasteiger partial charge in [0.25, 0.3) is 0 Å². The molecule has 1 aliphatic rings. The van der Waals surface area contributed by atoms with Gasteiger partial charge in [-0.15, -0.1) is 0 Å². The van der Waals surface area contributed by atoms with Gasteiger partial charge in [0.05, 0.1) is 0 Å². The second kappa shape index (κ2) is 5.53. The number of benzene rings is 1. The Balaban J connectivity index is 1.85. The van der Waals surface area contributed by atoms with E-state index in [1.54, 1.807) is 0 Å². The summed E-state index contributed by atoms with van der Waals surface area (Å²) in [4.78, 5) is 0. The predicted molar refractivity (Wildman–Crippen MR) is 77.4 cm³/mol. The lowest BCUT2D eigenvalue weighted by Crippen LogP contribution is -2.22. The Kier molecular flexibility index (Phi) is 4.26. The number of aryl methyl sites for hydroxylation is 1. The second-order valence-corrected chi connectivity index (χ2v) is 6.53. The molecular formula is C15H22BrN. The smallest absolute Gasteiger partial charge is 0.0212 e. The highest BCUT2D eigenvalue weighted by Gasteiger charge is 2.38. The molecule has 0 radical (unpaired) electrons. The van der Waals surface area contributed by atoms with E-state index in [0.29, 0.717) is 0 Å². The molecular weight excluding hydrogens is 274 g/mol. The van der Waals surface area contributed by atoms with Gasteiger partial charge in [0, 0.05) is 4.47 Å². The summed E-state index contributed by atoms with van der Waals surface area (Å²) in [5, 5.41) is 3.56. The van der Waals surface area contributed by atoms with Crippen LogP contribution < -0.4 is 5.32 Å². The van der Waals surface area contributed by atoms with E-state index < -0.39 is 0 Å². The SMILES string of the molecule is Cc1ccc(C2CC2CNCC(C)C)c(Br)c1. The van der Waals surface area contributed by atoms with E-state index in [4.69, 9.17) is 0 Å². The van der Waals surface area contributed by atoms with Crippen LogP contribution in [0.4, 0.5) is 0 Å². The van der Waals surface area contributed by atoms with E-state index >= 15 is 0 Å². The first kappa shape index (κ1) is 13.1. The van der Waals surface area contributed by atoms with Gasteiger partial charge in [-0.25, -0.2) is 0 Å². The molecule has 0 saturated heterocycles. The highest BCUT2D eigenvalue weighted by molar-refractivity contribution is 9.10. The van der Waals surface area contributed by atoms with Crippen LogP contribution in [0.3, 0.4) is 0 Å². The summed E-state index contributed by atoms with van der Waals surface area (Å²) in [5.41, 5.74) is 2.82. The molecule has 94 valence electrons. The van der Waals surface area contributed by atoms with Gasteiger partial charge >= 0.3 is 0 Å². The van der Waals surface area contributed by atoms with E-state index in [0.717, 1.165) is 24.3 Å². The Labute approximate surface area is 113 Å². The molecule has 0 aromatic heterocycles. The summed E-state index contributed by atoms with van der Waals surface area (Å²) >= 11 is 3.69. The normalized spacial score (nSPS) is 23.1. The quantitative estimate of drug-likeness (QED) is 0.862. The van der Waals surface area contributed by atoms with Crippen molar-refractivity contribution in [2.75, 3.05) is 13.1 Å². The number of nitrogens with one attached hydrogen (secondary N) is 1. The molecule has 1 N–H and O–H groups in total. The highest BCUT2D eigenvalue weighted by atomic mass is 79.9. The third kappa shape index (κ3) is 3.56. The molecule has 0 bridgehead atoms. The summed E-state index contributed by atoms with van der Waals surface area (Å²) in [7, 11) is 0. The first-order valence-electron chi connectivity index (χ1n) is 6.54. The lowest BCUT2D eigenvalue weighted by molar-refractivity contribution is 0.532. The first-order chi connectivity index (χ1) is 8.08. The lowest BCUT2D eigenvalue weighted by Gasteiger charge is -2.08. The van der Waals surface area contributed by atoms with Crippen molar-refractivity contribution in [2.45, 2.75) is 33.1 Å². The van der Waals surface area contributed by atoms with Crippen molar-refractivity contribution in [3.05, 3.63) is 33.8 Å². The maximum Gasteiger partial charge on any atom is 0.0212 e. The van der Waals surface area contributed by atoms with Crippen molar-refractivity contribution in [3.8, 4) is 0 Å². The minimum Gasteiger partial charge on any atom is -0.316 e. The summed E-state index contributed by atoms with van der Waals surface area (Å²) < 4.78 is 1.29. The summed E-state index contributed by atoms with van der Waals surface area (Å²) in [6.45, 7) is 8.96. The van der Waals surface area contributed by atoms with Crippen LogP contribution in [0, 0.1) is 18.8 Å². The van der Waals surface area contributed by atoms with E-state index in [1.165, 1.54) is 28.6 Å². The Hall–Kier alpha value is -0.340. The van der Waals surface area contributed by atoms with Crippen LogP contribution in [0.5, 0.6) is 0 Å². The number of halogens is 1. The summed E-state index contributed by atoms with van der Waals surface area (Å²) in [5.74, 6) is 2.36. The number of hydrogen-bond donors (Lipinski definition) is 1. The van der Waals surface area contributed by atoms with Crippen molar-refractivity contribution in [1.82, 2.24) is 5.32 Å². The minimum atomic E-state index is 0.748. The van der Waals surface area contributed by atoms with Gasteiger partial charge in [0.2, 0.25) is 0 Å². The van der Waals surface area contributed by atoms with E-state index in [9.17, 15) is 0 Å². The molecule has 2 heteroatoms. The van der Waals surface area contributed by atoms with Crippen molar-refractivity contribution >= 4 is 15.9 Å². The molecule has 17 heavy (non-hydrogen) atoms. The predicted octanol–water partition coefficient (Wildman–Crippen LogP) is 4.11. The average Bonchev–Trinajstić information content (AvgIpc) is 2.96. The minimum absolute atomic E-state index is 0.748. The fraction of sp³-hybridized carbons (Fsp3) is 0.600. The molecule has 1 fully saturated rings. The average molecular weight is 296 g/mol. The summed E-state index contributed by atoms with van der Waals surface area (Å²) in [6, 6.07) is 6.73. The van der Waals surface area contributed by atoms with Crippen molar-refractivity contribution < 1.29 is 0 Å². The maximum absolute atomic E-state index is 3.69. The lowest BCUT2D eigenvalue weighted by atomic mass is 10.1. The monoisotopic (exact) mass is 295 g/mol. The molecule has 2 unspecified atom stereocenters. The number of hydrogen-bond acceptors (Lipinski definition) is 1. The zero-order chi connectivity index (χ0) is 12.4. The summed E-state index contributed by atoms with van der Waals surface area (Å²) in [6.07, 6.45) is 1.34. The first-order valence-corrected chi connectivity index (χ1v) is 7.34. The third-order valence-corrected chi connectivity index (χ3v) is 4.12. The van der Waals surface area contributed by atoms with Gasteiger partial charge < -0.3 is 5.32 Å². The molecule has 0 heterocycles. The molecule has 1 nitrogen and oxygen atoms in total. The van der Waals surface area contributed by atoms with Crippen LogP contribution in [0.25, 0.3) is 0 Å². The van der Waals surface area contributed by atoms with E-state index in [-0.39, 0.29) is 0 Å².